The van der Waals surface area contributed by atoms with E-state index >= 15 is 0 Å². The van der Waals surface area contributed by atoms with E-state index in [1.807, 2.05) is 12.1 Å². The van der Waals surface area contributed by atoms with Crippen LogP contribution in [0.25, 0.3) is 60.2 Å². The summed E-state index contributed by atoms with van der Waals surface area (Å²) in [6.07, 6.45) is 0. The highest BCUT2D eigenvalue weighted by atomic mass is 16.3. The van der Waals surface area contributed by atoms with Crippen molar-refractivity contribution >= 4 is 88.6 Å². The fourth-order valence-electron chi connectivity index (χ4n) is 8.44. The molecule has 0 aliphatic rings. The largest absolute Gasteiger partial charge is 0.456 e. The van der Waals surface area contributed by atoms with E-state index in [1.54, 1.807) is 0 Å². The van der Waals surface area contributed by atoms with Crippen LogP contribution < -0.4 is 9.80 Å². The highest BCUT2D eigenvalue weighted by molar-refractivity contribution is 6.19. The summed E-state index contributed by atoms with van der Waals surface area (Å²) in [5, 5.41) is 7.06. The Morgan fingerprint density at radius 1 is 0.321 bits per heavy atom. The minimum absolute atomic E-state index is 0.894. The molecule has 0 atom stereocenters. The topological polar surface area (TPSA) is 24.6 Å². The predicted octanol–water partition coefficient (Wildman–Crippen LogP) is 14.8. The highest BCUT2D eigenvalue weighted by Gasteiger charge is 2.20. The highest BCUT2D eigenvalue weighted by Crippen LogP contribution is 2.44. The van der Waals surface area contributed by atoms with Gasteiger partial charge in [-0.05, 0) is 108 Å². The smallest absolute Gasteiger partial charge is 0.136 e. The van der Waals surface area contributed by atoms with Gasteiger partial charge in [-0.25, -0.2) is 0 Å². The number of fused-ring (bicyclic) bond motifs is 8. The molecule has 0 unspecified atom stereocenters. The fraction of sp³-hybridized carbons (Fsp3) is 0. The van der Waals surface area contributed by atoms with Gasteiger partial charge in [-0.2, -0.15) is 0 Å². The molecule has 0 N–H and O–H groups in total. The number of benzene rings is 9. The van der Waals surface area contributed by atoms with Crippen LogP contribution in [0, 0.1) is 0 Å². The van der Waals surface area contributed by atoms with Gasteiger partial charge in [0.1, 0.15) is 11.2 Å². The van der Waals surface area contributed by atoms with Crippen molar-refractivity contribution in [1.82, 2.24) is 4.57 Å². The maximum atomic E-state index is 6.31. The lowest BCUT2D eigenvalue weighted by molar-refractivity contribution is 0.669. The van der Waals surface area contributed by atoms with E-state index in [1.165, 1.54) is 21.7 Å². The van der Waals surface area contributed by atoms with Gasteiger partial charge in [0.15, 0.2) is 0 Å². The van der Waals surface area contributed by atoms with Crippen LogP contribution in [0.3, 0.4) is 0 Å². The van der Waals surface area contributed by atoms with E-state index in [0.29, 0.717) is 0 Å². The number of anilines is 6. The van der Waals surface area contributed by atoms with E-state index < -0.39 is 0 Å². The minimum atomic E-state index is 0.894. The monoisotopic (exact) mass is 717 g/mol. The Morgan fingerprint density at radius 2 is 0.857 bits per heavy atom. The van der Waals surface area contributed by atoms with Crippen molar-refractivity contribution in [3.63, 3.8) is 0 Å². The molecular formula is C52H35N3O. The van der Waals surface area contributed by atoms with Gasteiger partial charge in [-0.3, -0.25) is 0 Å². The lowest BCUT2D eigenvalue weighted by Crippen LogP contribution is -2.13. The Bertz CT molecular complexity index is 3200. The average Bonchev–Trinajstić information content (AvgIpc) is 3.81. The molecule has 0 bridgehead atoms. The van der Waals surface area contributed by atoms with E-state index in [9.17, 15) is 0 Å². The first-order valence-corrected chi connectivity index (χ1v) is 19.0. The zero-order chi connectivity index (χ0) is 37.0. The number of nitrogens with zero attached hydrogens (tertiary/aromatic N) is 3. The number of para-hydroxylation sites is 5. The maximum absolute atomic E-state index is 6.31. The number of hydrogen-bond donors (Lipinski definition) is 0. The molecule has 0 saturated carbocycles. The second-order valence-electron chi connectivity index (χ2n) is 14.2. The predicted molar refractivity (Wildman–Crippen MR) is 235 cm³/mol. The van der Waals surface area contributed by atoms with E-state index in [2.05, 4.69) is 215 Å². The van der Waals surface area contributed by atoms with Crippen LogP contribution in [0.5, 0.6) is 0 Å². The van der Waals surface area contributed by atoms with Crippen LogP contribution in [-0.2, 0) is 0 Å². The second-order valence-corrected chi connectivity index (χ2v) is 14.2. The van der Waals surface area contributed by atoms with Gasteiger partial charge in [-0.15, -0.1) is 0 Å². The van der Waals surface area contributed by atoms with Crippen LogP contribution in [0.1, 0.15) is 0 Å². The molecule has 0 radical (unpaired) electrons. The molecule has 0 aliphatic carbocycles. The Labute approximate surface area is 324 Å². The van der Waals surface area contributed by atoms with Gasteiger partial charge in [0.2, 0.25) is 0 Å². The van der Waals surface area contributed by atoms with Crippen molar-refractivity contribution in [1.29, 1.82) is 0 Å². The third-order valence-electron chi connectivity index (χ3n) is 10.9. The van der Waals surface area contributed by atoms with Crippen molar-refractivity contribution in [2.24, 2.45) is 0 Å². The number of furan rings is 1. The molecule has 4 heteroatoms. The van der Waals surface area contributed by atoms with Gasteiger partial charge in [0, 0.05) is 61.4 Å². The van der Waals surface area contributed by atoms with Crippen molar-refractivity contribution < 1.29 is 4.42 Å². The summed E-state index contributed by atoms with van der Waals surface area (Å²) in [6.45, 7) is 0. The van der Waals surface area contributed by atoms with Gasteiger partial charge in [-0.1, -0.05) is 115 Å². The number of aromatic nitrogens is 1. The van der Waals surface area contributed by atoms with Crippen molar-refractivity contribution in [2.45, 2.75) is 0 Å². The molecule has 0 fully saturated rings. The zero-order valence-corrected chi connectivity index (χ0v) is 30.5. The van der Waals surface area contributed by atoms with Gasteiger partial charge in [0.25, 0.3) is 0 Å². The number of hydrogen-bond acceptors (Lipinski definition) is 3. The third-order valence-corrected chi connectivity index (χ3v) is 10.9. The summed E-state index contributed by atoms with van der Waals surface area (Å²) in [5.74, 6) is 0. The molecule has 4 nitrogen and oxygen atoms in total. The third kappa shape index (κ3) is 5.23. The van der Waals surface area contributed by atoms with Gasteiger partial charge < -0.3 is 18.8 Å². The molecule has 0 spiro atoms. The van der Waals surface area contributed by atoms with Gasteiger partial charge in [0.05, 0.1) is 11.0 Å². The van der Waals surface area contributed by atoms with Crippen LogP contribution in [0.15, 0.2) is 217 Å². The van der Waals surface area contributed by atoms with Crippen LogP contribution >= 0.6 is 0 Å². The Morgan fingerprint density at radius 3 is 1.59 bits per heavy atom. The summed E-state index contributed by atoms with van der Waals surface area (Å²) in [5.41, 5.74) is 11.7. The van der Waals surface area contributed by atoms with Crippen molar-refractivity contribution in [3.8, 4) is 5.69 Å². The number of rotatable bonds is 7. The van der Waals surface area contributed by atoms with E-state index in [4.69, 9.17) is 4.42 Å². The zero-order valence-electron chi connectivity index (χ0n) is 30.5. The maximum Gasteiger partial charge on any atom is 0.136 e. The Kier molecular flexibility index (Phi) is 7.46. The normalized spacial score (nSPS) is 11.6. The van der Waals surface area contributed by atoms with Crippen molar-refractivity contribution in [3.05, 3.63) is 212 Å². The standard InChI is InChI=1S/C52H35N3O/c1-4-15-37(16-5-1)53(42-29-27-36-28-32-51-52(47(36)34-42)46-24-11-13-26-50(46)56-51)40-21-14-22-41(33-40)54(38-17-6-2-7-18-38)43-30-31-45-44-23-10-12-25-48(44)55(49(45)35-43)39-19-8-3-9-20-39/h1-35H. The lowest BCUT2D eigenvalue weighted by atomic mass is 10.0. The summed E-state index contributed by atoms with van der Waals surface area (Å²) >= 11 is 0. The molecule has 0 aliphatic heterocycles. The molecule has 0 amide bonds. The molecule has 2 heterocycles. The first-order valence-electron chi connectivity index (χ1n) is 19.0. The molecule has 9 aromatic carbocycles. The molecule has 264 valence electrons. The molecule has 11 rings (SSSR count). The summed E-state index contributed by atoms with van der Waals surface area (Å²) in [6, 6.07) is 75.7. The van der Waals surface area contributed by atoms with Crippen molar-refractivity contribution in [2.75, 3.05) is 9.80 Å². The quantitative estimate of drug-likeness (QED) is 0.164. The van der Waals surface area contributed by atoms with Crippen LogP contribution in [0.4, 0.5) is 34.1 Å². The van der Waals surface area contributed by atoms with Crippen LogP contribution in [-0.4, -0.2) is 4.57 Å². The molecule has 0 saturated heterocycles. The van der Waals surface area contributed by atoms with Gasteiger partial charge >= 0.3 is 0 Å². The molecular weight excluding hydrogens is 683 g/mol. The average molecular weight is 718 g/mol. The second kappa shape index (κ2) is 13.1. The van der Waals surface area contributed by atoms with E-state index in [-0.39, 0.29) is 0 Å². The Balaban J connectivity index is 1.11. The first kappa shape index (κ1) is 31.9. The lowest BCUT2D eigenvalue weighted by Gasteiger charge is -2.29. The summed E-state index contributed by atoms with van der Waals surface area (Å²) in [4.78, 5) is 4.71. The SMILES string of the molecule is c1ccc(N(c2cccc(N(c3ccccc3)c3ccc4c5ccccc5n(-c5ccccc5)c4c3)c2)c2ccc3ccc4oc5ccccc5c4c3c2)cc1. The molecule has 11 aromatic rings. The molecule has 2 aromatic heterocycles. The van der Waals surface area contributed by atoms with E-state index in [0.717, 1.165) is 72.7 Å². The fourth-order valence-corrected chi connectivity index (χ4v) is 8.44. The van der Waals surface area contributed by atoms with Crippen LogP contribution in [0.2, 0.25) is 0 Å². The summed E-state index contributed by atoms with van der Waals surface area (Å²) in [7, 11) is 0. The molecule has 56 heavy (non-hydrogen) atoms. The Hall–Kier alpha value is -7.56. The minimum Gasteiger partial charge on any atom is -0.456 e. The summed E-state index contributed by atoms with van der Waals surface area (Å²) < 4.78 is 8.69. The first-order chi connectivity index (χ1) is 27.8.